The Morgan fingerprint density at radius 2 is 1.53 bits per heavy atom. The fourth-order valence-electron chi connectivity index (χ4n) is 8.89. The molecule has 0 bridgehead atoms. The molecule has 6 rings (SSSR count). The van der Waals surface area contributed by atoms with Crippen molar-refractivity contribution < 1.29 is 18.9 Å². The average molecular weight is 481 g/mol. The van der Waals surface area contributed by atoms with E-state index in [-0.39, 0.29) is 11.6 Å². The van der Waals surface area contributed by atoms with Crippen molar-refractivity contribution in [2.45, 2.75) is 82.1 Å². The first-order chi connectivity index (χ1) is 14.3. The summed E-state index contributed by atoms with van der Waals surface area (Å²) in [5.74, 6) is 1.97. The van der Waals surface area contributed by atoms with Crippen molar-refractivity contribution in [1.29, 1.82) is 0 Å². The lowest BCUT2D eigenvalue weighted by Crippen LogP contribution is -2.56. The molecule has 2 saturated heterocycles. The minimum Gasteiger partial charge on any atom is -0.348 e. The molecule has 0 aromatic carbocycles. The summed E-state index contributed by atoms with van der Waals surface area (Å²) in [5.41, 5.74) is 2.19. The minimum atomic E-state index is -0.383. The highest BCUT2D eigenvalue weighted by atomic mass is 79.9. The van der Waals surface area contributed by atoms with Crippen molar-refractivity contribution in [1.82, 2.24) is 0 Å². The van der Waals surface area contributed by atoms with E-state index in [9.17, 15) is 0 Å². The van der Waals surface area contributed by atoms with Crippen LogP contribution in [0.15, 0.2) is 11.6 Å². The zero-order valence-corrected chi connectivity index (χ0v) is 20.3. The van der Waals surface area contributed by atoms with E-state index in [2.05, 4.69) is 42.8 Å². The number of hydrogen-bond acceptors (Lipinski definition) is 4. The highest BCUT2D eigenvalue weighted by molar-refractivity contribution is 9.09. The molecule has 0 aromatic heterocycles. The highest BCUT2D eigenvalue weighted by Crippen LogP contribution is 2.69. The van der Waals surface area contributed by atoms with Crippen molar-refractivity contribution >= 4 is 15.9 Å². The maximum atomic E-state index is 6.19. The molecule has 5 heteroatoms. The summed E-state index contributed by atoms with van der Waals surface area (Å²) >= 11 is 4.17. The van der Waals surface area contributed by atoms with Gasteiger partial charge in [-0.2, -0.15) is 0 Å². The summed E-state index contributed by atoms with van der Waals surface area (Å²) in [5, 5.41) is 0. The van der Waals surface area contributed by atoms with Crippen LogP contribution in [-0.2, 0) is 18.9 Å². The largest absolute Gasteiger partial charge is 0.348 e. The molecule has 4 aliphatic carbocycles. The topological polar surface area (TPSA) is 36.9 Å². The maximum Gasteiger partial charge on any atom is 0.172 e. The second kappa shape index (κ2) is 6.79. The molecule has 0 radical (unpaired) electrons. The molecule has 3 saturated carbocycles. The number of hydrogen-bond donors (Lipinski definition) is 0. The smallest absolute Gasteiger partial charge is 0.172 e. The summed E-state index contributed by atoms with van der Waals surface area (Å²) in [6.45, 7) is 10.3. The Labute approximate surface area is 189 Å². The molecule has 1 spiro atoms. The van der Waals surface area contributed by atoms with Crippen LogP contribution >= 0.6 is 15.9 Å². The van der Waals surface area contributed by atoms with Crippen LogP contribution in [0.25, 0.3) is 0 Å². The Morgan fingerprint density at radius 3 is 2.27 bits per heavy atom. The van der Waals surface area contributed by atoms with E-state index in [1.807, 2.05) is 0 Å². The van der Waals surface area contributed by atoms with Gasteiger partial charge in [0.05, 0.1) is 26.4 Å². The van der Waals surface area contributed by atoms with Crippen LogP contribution in [-0.4, -0.2) is 42.8 Å². The Balaban J connectivity index is 1.32. The van der Waals surface area contributed by atoms with Crippen LogP contribution in [0, 0.1) is 34.5 Å². The normalized spacial score (nSPS) is 51.3. The van der Waals surface area contributed by atoms with Gasteiger partial charge < -0.3 is 18.9 Å². The third-order valence-electron chi connectivity index (χ3n) is 10.4. The van der Waals surface area contributed by atoms with Gasteiger partial charge in [0.15, 0.2) is 11.6 Å². The predicted molar refractivity (Wildman–Crippen MR) is 118 cm³/mol. The van der Waals surface area contributed by atoms with Gasteiger partial charge in [-0.05, 0) is 67.6 Å². The van der Waals surface area contributed by atoms with Crippen molar-refractivity contribution in [3.8, 4) is 0 Å². The number of rotatable bonds is 1. The molecule has 0 N–H and O–H groups in total. The van der Waals surface area contributed by atoms with E-state index in [0.29, 0.717) is 27.5 Å². The lowest BCUT2D eigenvalue weighted by atomic mass is 9.47. The van der Waals surface area contributed by atoms with Crippen LogP contribution in [0.5, 0.6) is 0 Å². The van der Waals surface area contributed by atoms with Gasteiger partial charge in [0.1, 0.15) is 0 Å². The van der Waals surface area contributed by atoms with Crippen LogP contribution in [0.3, 0.4) is 0 Å². The van der Waals surface area contributed by atoms with Gasteiger partial charge in [0.2, 0.25) is 0 Å². The Bertz CT molecular complexity index is 739. The van der Waals surface area contributed by atoms with Gasteiger partial charge in [-0.25, -0.2) is 0 Å². The molecule has 30 heavy (non-hydrogen) atoms. The number of ether oxygens (including phenoxy) is 4. The summed E-state index contributed by atoms with van der Waals surface area (Å²) in [4.78, 5) is 0.448. The Morgan fingerprint density at radius 1 is 0.833 bits per heavy atom. The number of allylic oxidation sites excluding steroid dienone is 1. The molecule has 6 aliphatic rings. The maximum absolute atomic E-state index is 6.19. The molecule has 0 aromatic rings. The van der Waals surface area contributed by atoms with Crippen LogP contribution in [0.1, 0.15) is 65.7 Å². The molecule has 2 aliphatic heterocycles. The summed E-state index contributed by atoms with van der Waals surface area (Å²) in [7, 11) is 0. The number of fused-ring (bicyclic) bond motifs is 5. The van der Waals surface area contributed by atoms with E-state index in [1.54, 1.807) is 5.57 Å². The monoisotopic (exact) mass is 480 g/mol. The number of halogens is 1. The Hall–Kier alpha value is 0.0600. The van der Waals surface area contributed by atoms with Crippen LogP contribution < -0.4 is 0 Å². The van der Waals surface area contributed by atoms with Gasteiger partial charge in [0, 0.05) is 23.6 Å². The van der Waals surface area contributed by atoms with Crippen molar-refractivity contribution in [3.63, 3.8) is 0 Å². The van der Waals surface area contributed by atoms with E-state index in [1.165, 1.54) is 32.1 Å². The lowest BCUT2D eigenvalue weighted by Gasteiger charge is -2.60. The molecule has 7 atom stereocenters. The van der Waals surface area contributed by atoms with Gasteiger partial charge >= 0.3 is 0 Å². The van der Waals surface area contributed by atoms with Gasteiger partial charge in [-0.1, -0.05) is 41.4 Å². The zero-order valence-electron chi connectivity index (χ0n) is 18.8. The number of alkyl halides is 1. The predicted octanol–water partition coefficient (Wildman–Crippen LogP) is 5.44. The third-order valence-corrected chi connectivity index (χ3v) is 11.3. The molecular formula is C25H37BrO4. The van der Waals surface area contributed by atoms with Gasteiger partial charge in [-0.3, -0.25) is 0 Å². The lowest BCUT2D eigenvalue weighted by molar-refractivity contribution is -0.216. The minimum absolute atomic E-state index is 0.291. The van der Waals surface area contributed by atoms with E-state index in [4.69, 9.17) is 18.9 Å². The van der Waals surface area contributed by atoms with Crippen molar-refractivity contribution in [2.75, 3.05) is 26.4 Å². The van der Waals surface area contributed by atoms with Gasteiger partial charge in [0.25, 0.3) is 0 Å². The van der Waals surface area contributed by atoms with E-state index < -0.39 is 0 Å². The fraction of sp³-hybridized carbons (Fsp3) is 0.920. The Kier molecular flexibility index (Phi) is 4.67. The second-order valence-corrected chi connectivity index (χ2v) is 12.6. The second-order valence-electron chi connectivity index (χ2n) is 11.5. The molecule has 0 amide bonds. The van der Waals surface area contributed by atoms with Crippen LogP contribution in [0.4, 0.5) is 0 Å². The summed E-state index contributed by atoms with van der Waals surface area (Å²) < 4.78 is 24.6. The first kappa shape index (κ1) is 20.7. The first-order valence-corrected chi connectivity index (χ1v) is 13.1. The molecule has 2 heterocycles. The molecule has 4 nitrogen and oxygen atoms in total. The molecular weight excluding hydrogens is 444 g/mol. The molecule has 7 unspecified atom stereocenters. The molecule has 168 valence electrons. The van der Waals surface area contributed by atoms with Crippen molar-refractivity contribution in [2.24, 2.45) is 34.5 Å². The van der Waals surface area contributed by atoms with E-state index >= 15 is 0 Å². The van der Waals surface area contributed by atoms with Gasteiger partial charge in [-0.15, -0.1) is 0 Å². The van der Waals surface area contributed by atoms with Crippen LogP contribution in [0.2, 0.25) is 0 Å². The SMILES string of the molecule is CC1(C2CCC3C4C(Br)C=C5CC6(CCC5(C)C4CCC32C)OCCO6)OCCO1. The standard InChI is InChI=1S/C25H37BrO4/c1-22-8-9-25(29-12-13-30-25)15-16(22)14-19(26)21-17-4-5-20(24(3)27-10-11-28-24)23(17,2)7-6-18(21)22/h14,17-21H,4-13,15H2,1-3H3. The van der Waals surface area contributed by atoms with Crippen molar-refractivity contribution in [3.05, 3.63) is 11.6 Å². The molecule has 5 fully saturated rings. The summed E-state index contributed by atoms with van der Waals surface area (Å²) in [6.07, 6.45) is 10.9. The summed E-state index contributed by atoms with van der Waals surface area (Å²) in [6, 6.07) is 0. The average Bonchev–Trinajstić information content (AvgIpc) is 3.43. The third kappa shape index (κ3) is 2.71. The van der Waals surface area contributed by atoms with E-state index in [0.717, 1.165) is 51.1 Å². The highest BCUT2D eigenvalue weighted by Gasteiger charge is 2.65. The first-order valence-electron chi connectivity index (χ1n) is 12.2. The fourth-order valence-corrected chi connectivity index (χ4v) is 9.94. The zero-order chi connectivity index (χ0) is 20.8. The quantitative estimate of drug-likeness (QED) is 0.369.